The van der Waals surface area contributed by atoms with E-state index in [4.69, 9.17) is 4.52 Å². The van der Waals surface area contributed by atoms with Crippen LogP contribution in [0, 0.1) is 5.82 Å². The van der Waals surface area contributed by atoms with Crippen LogP contribution in [0.25, 0.3) is 0 Å². The van der Waals surface area contributed by atoms with Crippen LogP contribution in [0.1, 0.15) is 36.8 Å². The van der Waals surface area contributed by atoms with Gasteiger partial charge in [0.05, 0.1) is 12.2 Å². The van der Waals surface area contributed by atoms with Gasteiger partial charge >= 0.3 is 0 Å². The maximum atomic E-state index is 13.1. The molecule has 0 aliphatic rings. The average Bonchev–Trinajstić information content (AvgIpc) is 3.00. The number of halogens is 2. The van der Waals surface area contributed by atoms with Gasteiger partial charge in [0.25, 0.3) is 0 Å². The molecule has 132 valence electrons. The number of guanidine groups is 1. The Morgan fingerprint density at radius 1 is 1.29 bits per heavy atom. The zero-order valence-electron chi connectivity index (χ0n) is 14.2. The molecule has 1 heterocycles. The van der Waals surface area contributed by atoms with Crippen LogP contribution in [0.3, 0.4) is 0 Å². The number of nitrogens with zero attached hydrogens (tertiary/aromatic N) is 2. The molecule has 0 fully saturated rings. The summed E-state index contributed by atoms with van der Waals surface area (Å²) in [6.45, 7) is 5.32. The fraction of sp³-hybridized carbons (Fsp3) is 0.412. The van der Waals surface area contributed by atoms with Crippen molar-refractivity contribution in [2.75, 3.05) is 13.6 Å². The Labute approximate surface area is 159 Å². The van der Waals surface area contributed by atoms with Crippen molar-refractivity contribution in [2.45, 2.75) is 32.7 Å². The van der Waals surface area contributed by atoms with E-state index < -0.39 is 0 Å². The summed E-state index contributed by atoms with van der Waals surface area (Å²) in [7, 11) is 1.71. The van der Waals surface area contributed by atoms with E-state index in [-0.39, 0.29) is 29.8 Å². The maximum Gasteiger partial charge on any atom is 0.191 e. The van der Waals surface area contributed by atoms with Crippen LogP contribution in [0.4, 0.5) is 4.39 Å². The Morgan fingerprint density at radius 2 is 2.08 bits per heavy atom. The fourth-order valence-electron chi connectivity index (χ4n) is 2.09. The lowest BCUT2D eigenvalue weighted by Crippen LogP contribution is -2.37. The topological polar surface area (TPSA) is 62.5 Å². The molecule has 2 aromatic rings. The summed E-state index contributed by atoms with van der Waals surface area (Å²) >= 11 is 0. The molecule has 5 nitrogen and oxygen atoms in total. The first-order valence-electron chi connectivity index (χ1n) is 7.73. The SMILES string of the molecule is CN=C(NCCc1cccc(F)c1)NCc1cc(C(C)C)no1.I. The second kappa shape index (κ2) is 10.3. The minimum atomic E-state index is -0.212. The van der Waals surface area contributed by atoms with E-state index in [0.29, 0.717) is 25.0 Å². The minimum Gasteiger partial charge on any atom is -0.359 e. The molecule has 0 bridgehead atoms. The summed E-state index contributed by atoms with van der Waals surface area (Å²) < 4.78 is 18.4. The highest BCUT2D eigenvalue weighted by Crippen LogP contribution is 2.13. The molecule has 0 aliphatic carbocycles. The second-order valence-corrected chi connectivity index (χ2v) is 5.61. The standard InChI is InChI=1S/C17H23FN4O.HI/c1-12(2)16-10-15(23-22-16)11-21-17(19-3)20-8-7-13-5-4-6-14(18)9-13;/h4-6,9-10,12H,7-8,11H2,1-3H3,(H2,19,20,21);1H. The summed E-state index contributed by atoms with van der Waals surface area (Å²) in [5.41, 5.74) is 1.89. The molecule has 0 spiro atoms. The molecule has 1 aromatic heterocycles. The first kappa shape index (κ1) is 20.4. The summed E-state index contributed by atoms with van der Waals surface area (Å²) in [5.74, 6) is 1.57. The molecule has 0 saturated carbocycles. The van der Waals surface area contributed by atoms with E-state index in [1.54, 1.807) is 19.2 Å². The smallest absolute Gasteiger partial charge is 0.191 e. The van der Waals surface area contributed by atoms with Crippen molar-refractivity contribution < 1.29 is 8.91 Å². The Kier molecular flexibility index (Phi) is 8.73. The van der Waals surface area contributed by atoms with E-state index in [2.05, 4.69) is 34.6 Å². The van der Waals surface area contributed by atoms with Gasteiger partial charge in [-0.2, -0.15) is 0 Å². The minimum absolute atomic E-state index is 0. The molecule has 0 unspecified atom stereocenters. The third-order valence-corrected chi connectivity index (χ3v) is 3.42. The zero-order chi connectivity index (χ0) is 16.7. The van der Waals surface area contributed by atoms with Gasteiger partial charge in [-0.05, 0) is 30.0 Å². The van der Waals surface area contributed by atoms with Crippen molar-refractivity contribution in [1.29, 1.82) is 0 Å². The number of nitrogens with one attached hydrogen (secondary N) is 2. The van der Waals surface area contributed by atoms with Crippen LogP contribution in [0.5, 0.6) is 0 Å². The number of rotatable bonds is 6. The molecule has 2 N–H and O–H groups in total. The molecule has 2 rings (SSSR count). The fourth-order valence-corrected chi connectivity index (χ4v) is 2.09. The molecular formula is C17H24FIN4O. The monoisotopic (exact) mass is 446 g/mol. The van der Waals surface area contributed by atoms with Crippen LogP contribution >= 0.6 is 24.0 Å². The first-order chi connectivity index (χ1) is 11.1. The van der Waals surface area contributed by atoms with Crippen molar-refractivity contribution in [1.82, 2.24) is 15.8 Å². The van der Waals surface area contributed by atoms with Gasteiger partial charge in [-0.15, -0.1) is 24.0 Å². The number of aliphatic imine (C=N–C) groups is 1. The van der Waals surface area contributed by atoms with Gasteiger partial charge in [-0.1, -0.05) is 31.1 Å². The molecule has 1 aromatic carbocycles. The highest BCUT2D eigenvalue weighted by Gasteiger charge is 2.08. The van der Waals surface area contributed by atoms with Crippen molar-refractivity contribution in [3.63, 3.8) is 0 Å². The van der Waals surface area contributed by atoms with Gasteiger partial charge in [0, 0.05) is 19.7 Å². The van der Waals surface area contributed by atoms with Crippen molar-refractivity contribution in [3.8, 4) is 0 Å². The zero-order valence-corrected chi connectivity index (χ0v) is 16.5. The number of benzene rings is 1. The Bertz CT molecular complexity index is 658. The first-order valence-corrected chi connectivity index (χ1v) is 7.73. The van der Waals surface area contributed by atoms with Gasteiger partial charge in [0.15, 0.2) is 11.7 Å². The summed E-state index contributed by atoms with van der Waals surface area (Å²) in [5, 5.41) is 10.4. The molecule has 0 aliphatic heterocycles. The average molecular weight is 446 g/mol. The third kappa shape index (κ3) is 6.46. The van der Waals surface area contributed by atoms with Gasteiger partial charge in [0.1, 0.15) is 5.82 Å². The van der Waals surface area contributed by atoms with Crippen LogP contribution in [-0.2, 0) is 13.0 Å². The summed E-state index contributed by atoms with van der Waals surface area (Å²) in [6, 6.07) is 8.55. The quantitative estimate of drug-likeness (QED) is 0.406. The lowest BCUT2D eigenvalue weighted by atomic mass is 10.1. The third-order valence-electron chi connectivity index (χ3n) is 3.42. The van der Waals surface area contributed by atoms with Crippen molar-refractivity contribution in [2.24, 2.45) is 4.99 Å². The normalized spacial score (nSPS) is 11.3. The number of hydrogen-bond acceptors (Lipinski definition) is 3. The van der Waals surface area contributed by atoms with Crippen LogP contribution < -0.4 is 10.6 Å². The number of hydrogen-bond donors (Lipinski definition) is 2. The van der Waals surface area contributed by atoms with Crippen LogP contribution in [0.15, 0.2) is 39.8 Å². The molecule has 7 heteroatoms. The van der Waals surface area contributed by atoms with Crippen molar-refractivity contribution in [3.05, 3.63) is 53.2 Å². The van der Waals surface area contributed by atoms with Crippen molar-refractivity contribution >= 4 is 29.9 Å². The molecule has 0 radical (unpaired) electrons. The lowest BCUT2D eigenvalue weighted by Gasteiger charge is -2.10. The largest absolute Gasteiger partial charge is 0.359 e. The Morgan fingerprint density at radius 3 is 2.71 bits per heavy atom. The molecule has 0 atom stereocenters. The highest BCUT2D eigenvalue weighted by atomic mass is 127. The Hall–Kier alpha value is -1.64. The van der Waals surface area contributed by atoms with E-state index in [1.165, 1.54) is 6.07 Å². The highest BCUT2D eigenvalue weighted by molar-refractivity contribution is 14.0. The van der Waals surface area contributed by atoms with E-state index in [1.807, 2.05) is 12.1 Å². The summed E-state index contributed by atoms with van der Waals surface area (Å²) in [4.78, 5) is 4.15. The number of aromatic nitrogens is 1. The van der Waals surface area contributed by atoms with Gasteiger partial charge in [0.2, 0.25) is 0 Å². The molecule has 24 heavy (non-hydrogen) atoms. The predicted octanol–water partition coefficient (Wildman–Crippen LogP) is 3.46. The second-order valence-electron chi connectivity index (χ2n) is 5.61. The van der Waals surface area contributed by atoms with E-state index in [0.717, 1.165) is 23.4 Å². The summed E-state index contributed by atoms with van der Waals surface area (Å²) in [6.07, 6.45) is 0.721. The van der Waals surface area contributed by atoms with E-state index >= 15 is 0 Å². The van der Waals surface area contributed by atoms with Gasteiger partial charge in [-0.3, -0.25) is 4.99 Å². The molecule has 0 saturated heterocycles. The predicted molar refractivity (Wildman–Crippen MR) is 104 cm³/mol. The van der Waals surface area contributed by atoms with Gasteiger partial charge < -0.3 is 15.2 Å². The molecule has 0 amide bonds. The van der Waals surface area contributed by atoms with Crippen LogP contribution in [-0.4, -0.2) is 24.7 Å². The Balaban J connectivity index is 0.00000288. The van der Waals surface area contributed by atoms with Gasteiger partial charge in [-0.25, -0.2) is 4.39 Å². The van der Waals surface area contributed by atoms with Crippen LogP contribution in [0.2, 0.25) is 0 Å². The van der Waals surface area contributed by atoms with E-state index in [9.17, 15) is 4.39 Å². The molecular weight excluding hydrogens is 422 g/mol. The maximum absolute atomic E-state index is 13.1. The lowest BCUT2D eigenvalue weighted by molar-refractivity contribution is 0.372.